The summed E-state index contributed by atoms with van der Waals surface area (Å²) in [7, 11) is 0. The largest absolute Gasteiger partial charge is 0.301 e. The fourth-order valence-corrected chi connectivity index (χ4v) is 3.08. The van der Waals surface area contributed by atoms with E-state index in [1.165, 1.54) is 0 Å². The van der Waals surface area contributed by atoms with Crippen LogP contribution in [0.4, 0.5) is 5.69 Å². The molecule has 1 atom stereocenters. The molecule has 0 radical (unpaired) electrons. The second-order valence-corrected chi connectivity index (χ2v) is 5.91. The molecule has 0 aliphatic carbocycles. The smallest absolute Gasteiger partial charge is 0.271 e. The Morgan fingerprint density at radius 2 is 1.75 bits per heavy atom. The number of hydrogen-bond donors (Lipinski definition) is 2. The highest BCUT2D eigenvalue weighted by Gasteiger charge is 2.18. The Morgan fingerprint density at radius 3 is 2.58 bits per heavy atom. The molecule has 0 spiro atoms. The fourth-order valence-electron chi connectivity index (χ4n) is 3.08. The van der Waals surface area contributed by atoms with E-state index in [9.17, 15) is 4.79 Å². The van der Waals surface area contributed by atoms with E-state index in [4.69, 9.17) is 0 Å². The summed E-state index contributed by atoms with van der Waals surface area (Å²) in [4.78, 5) is 16.7. The van der Waals surface area contributed by atoms with Crippen molar-refractivity contribution in [2.24, 2.45) is 4.99 Å². The predicted molar refractivity (Wildman–Crippen MR) is 97.8 cm³/mol. The van der Waals surface area contributed by atoms with Gasteiger partial charge in [-0.1, -0.05) is 55.5 Å². The number of fused-ring (bicyclic) bond motifs is 1. The highest BCUT2D eigenvalue weighted by atomic mass is 16.1. The number of aromatic amines is 2. The van der Waals surface area contributed by atoms with Gasteiger partial charge >= 0.3 is 0 Å². The molecule has 2 N–H and O–H groups in total. The van der Waals surface area contributed by atoms with Crippen LogP contribution in [0.5, 0.6) is 0 Å². The van der Waals surface area contributed by atoms with Crippen molar-refractivity contribution in [2.45, 2.75) is 12.8 Å². The number of para-hydroxylation sites is 1. The molecule has 4 nitrogen and oxygen atoms in total. The summed E-state index contributed by atoms with van der Waals surface area (Å²) in [5.74, 6) is 0.0885. The lowest BCUT2D eigenvalue weighted by molar-refractivity contribution is 0.850. The van der Waals surface area contributed by atoms with Crippen LogP contribution in [-0.4, -0.2) is 16.4 Å². The van der Waals surface area contributed by atoms with Gasteiger partial charge in [-0.2, -0.15) is 0 Å². The van der Waals surface area contributed by atoms with Gasteiger partial charge in [-0.15, -0.1) is 0 Å². The number of hydrogen-bond acceptors (Lipinski definition) is 2. The molecular formula is C20H17N3O. The number of nitrogens with zero attached hydrogens (tertiary/aromatic N) is 1. The summed E-state index contributed by atoms with van der Waals surface area (Å²) >= 11 is 0. The minimum absolute atomic E-state index is 0.0885. The lowest BCUT2D eigenvalue weighted by Gasteiger charge is -2.11. The van der Waals surface area contributed by atoms with Crippen molar-refractivity contribution in [3.05, 3.63) is 87.3 Å². The van der Waals surface area contributed by atoms with Crippen LogP contribution in [0.25, 0.3) is 11.6 Å². The van der Waals surface area contributed by atoms with Crippen molar-refractivity contribution in [1.82, 2.24) is 10.2 Å². The van der Waals surface area contributed by atoms with Gasteiger partial charge in [0.2, 0.25) is 0 Å². The average molecular weight is 315 g/mol. The molecule has 1 unspecified atom stereocenters. The molecule has 24 heavy (non-hydrogen) atoms. The summed E-state index contributed by atoms with van der Waals surface area (Å²) in [5.41, 5.74) is 5.54. The maximum Gasteiger partial charge on any atom is 0.271 e. The maximum absolute atomic E-state index is 12.3. The first-order valence-corrected chi connectivity index (χ1v) is 7.94. The van der Waals surface area contributed by atoms with Crippen LogP contribution in [0.1, 0.15) is 35.2 Å². The fraction of sp³-hybridized carbons (Fsp3) is 0.100. The van der Waals surface area contributed by atoms with E-state index in [0.29, 0.717) is 5.56 Å². The third-order valence-corrected chi connectivity index (χ3v) is 4.44. The average Bonchev–Trinajstić information content (AvgIpc) is 3.20. The van der Waals surface area contributed by atoms with Gasteiger partial charge in [-0.3, -0.25) is 14.9 Å². The van der Waals surface area contributed by atoms with E-state index in [-0.39, 0.29) is 11.5 Å². The minimum Gasteiger partial charge on any atom is -0.301 e. The Balaban J connectivity index is 1.79. The van der Waals surface area contributed by atoms with Crippen molar-refractivity contribution in [1.29, 1.82) is 0 Å². The normalized spacial score (nSPS) is 15.6. The number of allylic oxidation sites excluding steroid dienone is 1. The van der Waals surface area contributed by atoms with Crippen LogP contribution in [-0.2, 0) is 0 Å². The molecule has 0 bridgehead atoms. The van der Waals surface area contributed by atoms with Gasteiger partial charge in [0.25, 0.3) is 5.56 Å². The Bertz CT molecular complexity index is 993. The number of rotatable bonds is 3. The van der Waals surface area contributed by atoms with Gasteiger partial charge in [-0.05, 0) is 17.7 Å². The van der Waals surface area contributed by atoms with E-state index in [1.807, 2.05) is 54.8 Å². The second-order valence-electron chi connectivity index (χ2n) is 5.91. The molecule has 1 aromatic heterocycles. The van der Waals surface area contributed by atoms with Crippen molar-refractivity contribution in [3.63, 3.8) is 0 Å². The Labute approximate surface area is 139 Å². The zero-order chi connectivity index (χ0) is 16.5. The Kier molecular flexibility index (Phi) is 3.50. The van der Waals surface area contributed by atoms with E-state index in [0.717, 1.165) is 28.1 Å². The lowest BCUT2D eigenvalue weighted by Crippen LogP contribution is -2.05. The molecule has 0 saturated heterocycles. The van der Waals surface area contributed by atoms with Crippen LogP contribution in [0.2, 0.25) is 0 Å². The highest BCUT2D eigenvalue weighted by molar-refractivity contribution is 6.21. The second kappa shape index (κ2) is 5.81. The molecule has 0 saturated carbocycles. The van der Waals surface area contributed by atoms with Gasteiger partial charge in [0.05, 0.1) is 16.9 Å². The molecule has 0 fully saturated rings. The predicted octanol–water partition coefficient (Wildman–Crippen LogP) is 4.11. The molecule has 4 heteroatoms. The minimum atomic E-state index is -0.113. The van der Waals surface area contributed by atoms with Crippen LogP contribution in [0.15, 0.2) is 64.4 Å². The third kappa shape index (κ3) is 2.42. The zero-order valence-electron chi connectivity index (χ0n) is 13.3. The molecule has 2 heterocycles. The van der Waals surface area contributed by atoms with Crippen molar-refractivity contribution in [2.75, 3.05) is 0 Å². The molecule has 0 amide bonds. The molecule has 118 valence electrons. The van der Waals surface area contributed by atoms with E-state index in [1.54, 1.807) is 0 Å². The van der Waals surface area contributed by atoms with Crippen molar-refractivity contribution in [3.8, 4) is 0 Å². The first kappa shape index (κ1) is 14.5. The molecule has 1 aliphatic heterocycles. The Morgan fingerprint density at radius 1 is 1.00 bits per heavy atom. The molecular weight excluding hydrogens is 298 g/mol. The van der Waals surface area contributed by atoms with Gasteiger partial charge in [0, 0.05) is 23.3 Å². The molecule has 3 aromatic rings. The number of benzene rings is 2. The third-order valence-electron chi connectivity index (χ3n) is 4.44. The van der Waals surface area contributed by atoms with Crippen LogP contribution in [0.3, 0.4) is 0 Å². The quantitative estimate of drug-likeness (QED) is 0.750. The van der Waals surface area contributed by atoms with Crippen molar-refractivity contribution < 1.29 is 0 Å². The summed E-state index contributed by atoms with van der Waals surface area (Å²) in [6, 6.07) is 18.1. The molecule has 2 aromatic carbocycles. The Hall–Kier alpha value is -3.14. The van der Waals surface area contributed by atoms with E-state index in [2.05, 4.69) is 34.2 Å². The molecule has 1 aliphatic rings. The lowest BCUT2D eigenvalue weighted by atomic mass is 9.94. The maximum atomic E-state index is 12.3. The van der Waals surface area contributed by atoms with E-state index >= 15 is 0 Å². The summed E-state index contributed by atoms with van der Waals surface area (Å²) in [6.07, 6.45) is 3.73. The number of nitrogens with one attached hydrogen (secondary N) is 2. The number of aliphatic imine (C=N–C) groups is 1. The van der Waals surface area contributed by atoms with Crippen LogP contribution >= 0.6 is 0 Å². The standard InChI is InChI=1S/C20H17N3O/c1-13(14-7-3-2-4-8-14)19-17(20(24)23-22-19)11-15-12-21-18-10-6-5-9-16(15)18/h2-13H,1H3,(H2,22,23,24). The number of H-pyrrole nitrogens is 2. The summed E-state index contributed by atoms with van der Waals surface area (Å²) in [6.45, 7) is 2.09. The number of aromatic nitrogens is 2. The first-order valence-electron chi connectivity index (χ1n) is 7.94. The van der Waals surface area contributed by atoms with Crippen LogP contribution in [0, 0.1) is 0 Å². The summed E-state index contributed by atoms with van der Waals surface area (Å²) in [5, 5.41) is 5.76. The van der Waals surface area contributed by atoms with Gasteiger partial charge < -0.3 is 5.10 Å². The first-order chi connectivity index (χ1) is 11.7. The van der Waals surface area contributed by atoms with Crippen LogP contribution < -0.4 is 5.56 Å². The van der Waals surface area contributed by atoms with Gasteiger partial charge in [-0.25, -0.2) is 0 Å². The topological polar surface area (TPSA) is 61.0 Å². The van der Waals surface area contributed by atoms with E-state index < -0.39 is 0 Å². The highest BCUT2D eigenvalue weighted by Crippen LogP contribution is 2.33. The van der Waals surface area contributed by atoms with Gasteiger partial charge in [0.15, 0.2) is 0 Å². The summed E-state index contributed by atoms with van der Waals surface area (Å²) < 4.78 is 0. The molecule has 4 rings (SSSR count). The monoisotopic (exact) mass is 315 g/mol. The van der Waals surface area contributed by atoms with Crippen molar-refractivity contribution >= 4 is 23.6 Å². The zero-order valence-corrected chi connectivity index (χ0v) is 13.3. The SMILES string of the molecule is CC(c1ccccc1)c1[nH][nH]c(=O)c1C=C1C=Nc2ccccc21. The van der Waals surface area contributed by atoms with Gasteiger partial charge in [0.1, 0.15) is 0 Å².